The molecule has 1 rings (SSSR count). The number of hydrogen-bond donors (Lipinski definition) is 5. The first-order chi connectivity index (χ1) is 6.08. The molecule has 6 nitrogen and oxygen atoms in total. The molecule has 13 heavy (non-hydrogen) atoms. The second-order valence-electron chi connectivity index (χ2n) is 2.30. The highest BCUT2D eigenvalue weighted by molar-refractivity contribution is 7.82. The monoisotopic (exact) mass is 219 g/mol. The van der Waals surface area contributed by atoms with E-state index in [1.54, 1.807) is 0 Å². The van der Waals surface area contributed by atoms with Gasteiger partial charge < -0.3 is 11.5 Å². The van der Waals surface area contributed by atoms with Crippen LogP contribution in [0, 0.1) is 4.78 Å². The van der Waals surface area contributed by atoms with Crippen molar-refractivity contribution in [1.29, 1.82) is 4.78 Å². The van der Waals surface area contributed by atoms with E-state index in [0.29, 0.717) is 10.9 Å². The predicted octanol–water partition coefficient (Wildman–Crippen LogP) is -2.12. The first kappa shape index (κ1) is 10.1. The number of nitrogens with two attached hydrogens (primary N) is 3. The van der Waals surface area contributed by atoms with E-state index in [9.17, 15) is 0 Å². The van der Waals surface area contributed by atoms with E-state index in [1.165, 1.54) is 11.3 Å². The van der Waals surface area contributed by atoms with Crippen LogP contribution < -0.4 is 21.6 Å². The zero-order chi connectivity index (χ0) is 9.84. The minimum absolute atomic E-state index is 0.110. The van der Waals surface area contributed by atoms with Crippen LogP contribution >= 0.6 is 11.3 Å². The van der Waals surface area contributed by atoms with E-state index in [0.717, 1.165) is 5.69 Å². The van der Waals surface area contributed by atoms with Gasteiger partial charge in [0, 0.05) is 5.38 Å². The maximum Gasteiger partial charge on any atom is 0.303 e. The summed E-state index contributed by atoms with van der Waals surface area (Å²) in [5.74, 6) is 0.571. The summed E-state index contributed by atoms with van der Waals surface area (Å²) in [5, 5.41) is 7.77. The first-order valence-electron chi connectivity index (χ1n) is 3.34. The average Bonchev–Trinajstić information content (AvgIpc) is 2.33. The average molecular weight is 219 g/mol. The van der Waals surface area contributed by atoms with Crippen LogP contribution in [0.5, 0.6) is 0 Å². The molecule has 8 N–H and O–H groups in total. The van der Waals surface area contributed by atoms with Gasteiger partial charge in [-0.2, -0.15) is 0 Å². The van der Waals surface area contributed by atoms with Crippen molar-refractivity contribution in [3.63, 3.8) is 0 Å². The number of nitrogens with zero attached hydrogens (tertiary/aromatic N) is 1. The summed E-state index contributed by atoms with van der Waals surface area (Å²) in [6.07, 6.45) is 0. The maximum absolute atomic E-state index is 7.16. The van der Waals surface area contributed by atoms with Crippen LogP contribution in [-0.4, -0.2) is 10.9 Å². The summed E-state index contributed by atoms with van der Waals surface area (Å²) in [6, 6.07) is 0. The van der Waals surface area contributed by atoms with Gasteiger partial charge in [0.25, 0.3) is 5.13 Å². The van der Waals surface area contributed by atoms with Crippen LogP contribution in [0.3, 0.4) is 0 Å². The molecule has 0 saturated heterocycles. The van der Waals surface area contributed by atoms with Crippen LogP contribution in [0.15, 0.2) is 5.38 Å². The molecule has 0 saturated carbocycles. The molecule has 0 radical (unpaired) electrons. The van der Waals surface area contributed by atoms with Crippen LogP contribution in [-0.2, 0) is 16.6 Å². The van der Waals surface area contributed by atoms with E-state index in [4.69, 9.17) is 21.4 Å². The van der Waals surface area contributed by atoms with Crippen molar-refractivity contribution < 1.29 is 4.99 Å². The molecular weight excluding hydrogens is 208 g/mol. The van der Waals surface area contributed by atoms with Crippen molar-refractivity contribution in [2.75, 3.05) is 0 Å². The fourth-order valence-corrected chi connectivity index (χ4v) is 2.02. The van der Waals surface area contributed by atoms with E-state index in [1.807, 2.05) is 5.38 Å². The molecule has 1 heterocycles. The SMILES string of the molecule is N=S(N)Cc1csc([NH+]=C(N)N)n1. The van der Waals surface area contributed by atoms with E-state index in [2.05, 4.69) is 9.98 Å². The van der Waals surface area contributed by atoms with Crippen LogP contribution in [0.25, 0.3) is 0 Å². The number of hydrogen-bond acceptors (Lipinski definition) is 3. The lowest BCUT2D eigenvalue weighted by atomic mass is 10.6. The molecular formula is C5H11N6S2+. The minimum atomic E-state index is -0.869. The third-order valence-corrected chi connectivity index (χ3v) is 2.52. The molecule has 1 unspecified atom stereocenters. The summed E-state index contributed by atoms with van der Waals surface area (Å²) in [7, 11) is -0.869. The van der Waals surface area contributed by atoms with Gasteiger partial charge in [0.1, 0.15) is 5.69 Å². The first-order valence-corrected chi connectivity index (χ1v) is 5.67. The van der Waals surface area contributed by atoms with Crippen molar-refractivity contribution in [2.24, 2.45) is 16.6 Å². The second-order valence-corrected chi connectivity index (χ2v) is 4.30. The summed E-state index contributed by atoms with van der Waals surface area (Å²) >= 11 is 1.38. The van der Waals surface area contributed by atoms with Crippen molar-refractivity contribution in [2.45, 2.75) is 5.75 Å². The quantitative estimate of drug-likeness (QED) is 0.294. The van der Waals surface area contributed by atoms with Gasteiger partial charge in [0.15, 0.2) is 0 Å². The molecule has 1 aromatic rings. The lowest BCUT2D eigenvalue weighted by molar-refractivity contribution is -0.355. The Balaban J connectivity index is 2.75. The number of rotatable bonds is 3. The summed E-state index contributed by atoms with van der Waals surface area (Å²) in [4.78, 5) is 6.80. The molecule has 72 valence electrons. The highest BCUT2D eigenvalue weighted by Crippen LogP contribution is 2.10. The standard InChI is InChI=1S/C5H10N6S2/c6-4(7)11-5-10-3(1-12-5)2-13(8)9/h1H,2H2,(H3,8,9)(H4,6,7,10,11)/p+1. The highest BCUT2D eigenvalue weighted by Gasteiger charge is 2.05. The van der Waals surface area contributed by atoms with Crippen LogP contribution in [0.2, 0.25) is 0 Å². The molecule has 0 fully saturated rings. The topological polar surface area (TPSA) is 129 Å². The zero-order valence-corrected chi connectivity index (χ0v) is 8.41. The van der Waals surface area contributed by atoms with E-state index in [-0.39, 0.29) is 5.96 Å². The zero-order valence-electron chi connectivity index (χ0n) is 6.78. The summed E-state index contributed by atoms with van der Waals surface area (Å²) in [5.41, 5.74) is 11.2. The van der Waals surface area contributed by atoms with Gasteiger partial charge in [-0.1, -0.05) is 11.3 Å². The number of guanidine groups is 1. The molecule has 0 bridgehead atoms. The van der Waals surface area contributed by atoms with E-state index < -0.39 is 10.9 Å². The van der Waals surface area contributed by atoms with Gasteiger partial charge in [0.05, 0.1) is 5.75 Å². The molecule has 0 aliphatic rings. The molecule has 0 amide bonds. The van der Waals surface area contributed by atoms with Gasteiger partial charge in [0.2, 0.25) is 0 Å². The maximum atomic E-state index is 7.16. The largest absolute Gasteiger partial charge is 0.311 e. The third kappa shape index (κ3) is 3.49. The van der Waals surface area contributed by atoms with Crippen LogP contribution in [0.4, 0.5) is 5.13 Å². The number of thiazole rings is 1. The lowest BCUT2D eigenvalue weighted by Crippen LogP contribution is -2.72. The van der Waals surface area contributed by atoms with Crippen molar-refractivity contribution in [3.8, 4) is 0 Å². The Kier molecular flexibility index (Phi) is 3.34. The van der Waals surface area contributed by atoms with Crippen LogP contribution in [0.1, 0.15) is 5.69 Å². The fourth-order valence-electron chi connectivity index (χ4n) is 0.713. The number of aromatic nitrogens is 1. The summed E-state index contributed by atoms with van der Waals surface area (Å²) in [6.45, 7) is 0. The molecule has 0 aromatic carbocycles. The van der Waals surface area contributed by atoms with Gasteiger partial charge >= 0.3 is 5.96 Å². The summed E-state index contributed by atoms with van der Waals surface area (Å²) < 4.78 is 7.16. The molecule has 0 aliphatic carbocycles. The number of nitrogens with one attached hydrogen (secondary N) is 2. The normalized spacial score (nSPS) is 12.4. The fraction of sp³-hybridized carbons (Fsp3) is 0.200. The van der Waals surface area contributed by atoms with Crippen molar-refractivity contribution in [3.05, 3.63) is 11.1 Å². The van der Waals surface area contributed by atoms with Gasteiger partial charge in [-0.15, -0.1) is 4.98 Å². The third-order valence-electron chi connectivity index (χ3n) is 1.11. The Morgan fingerprint density at radius 1 is 1.69 bits per heavy atom. The molecule has 1 aromatic heterocycles. The van der Waals surface area contributed by atoms with Crippen molar-refractivity contribution >= 4 is 33.3 Å². The van der Waals surface area contributed by atoms with E-state index >= 15 is 0 Å². The Morgan fingerprint density at radius 2 is 2.38 bits per heavy atom. The highest BCUT2D eigenvalue weighted by atomic mass is 32.2. The Bertz CT molecular complexity index is 339. The molecule has 8 heteroatoms. The van der Waals surface area contributed by atoms with Gasteiger partial charge in [-0.25, -0.2) is 4.99 Å². The molecule has 1 atom stereocenters. The smallest absolute Gasteiger partial charge is 0.303 e. The Labute approximate surface area is 81.9 Å². The van der Waals surface area contributed by atoms with Gasteiger partial charge in [-0.3, -0.25) is 9.92 Å². The predicted molar refractivity (Wildman–Crippen MR) is 54.1 cm³/mol. The second kappa shape index (κ2) is 4.30. The Morgan fingerprint density at radius 3 is 2.92 bits per heavy atom. The van der Waals surface area contributed by atoms with Crippen molar-refractivity contribution in [1.82, 2.24) is 4.98 Å². The Hall–Kier alpha value is -0.990. The molecule has 0 aliphatic heterocycles. The minimum Gasteiger partial charge on any atom is -0.311 e. The van der Waals surface area contributed by atoms with Gasteiger partial charge in [-0.05, 0) is 10.9 Å². The molecule has 0 spiro atoms. The lowest BCUT2D eigenvalue weighted by Gasteiger charge is -1.89.